The standard InChI is InChI=1S/C29H31BrF12O9/c1-16(43)48-12-23(4,20(45)47-5)13-50-21(46)51-15-25(33,34)27(37,38)29(41,42)28(39,40)26(35,36)24(31,32)14-49-19(44)22(2,3)11-18(30)17-9-7-6-8-10-17/h6-10,18H,11-15H2,1-5H3. The van der Waals surface area contributed by atoms with Crippen LogP contribution >= 0.6 is 15.9 Å². The third-order valence-electron chi connectivity index (χ3n) is 7.04. The first-order valence-electron chi connectivity index (χ1n) is 14.0. The van der Waals surface area contributed by atoms with Crippen molar-refractivity contribution in [3.05, 3.63) is 35.9 Å². The molecule has 0 aliphatic heterocycles. The predicted molar refractivity (Wildman–Crippen MR) is 151 cm³/mol. The summed E-state index contributed by atoms with van der Waals surface area (Å²) < 4.78 is 192. The molecule has 22 heteroatoms. The maximum Gasteiger partial charge on any atom is 0.508 e. The van der Waals surface area contributed by atoms with Crippen LogP contribution in [0, 0.1) is 10.8 Å². The molecule has 0 N–H and O–H groups in total. The third kappa shape index (κ3) is 9.91. The Bertz CT molecular complexity index is 1390. The SMILES string of the molecule is COC(=O)C(C)(COC(C)=O)COC(=O)OCC(F)(F)C(F)(F)C(F)(F)C(F)(F)C(F)(F)C(F)(F)COC(=O)C(C)(C)CC(Br)c1ccccc1. The van der Waals surface area contributed by atoms with Gasteiger partial charge in [0.25, 0.3) is 0 Å². The molecule has 0 spiro atoms. The molecular weight excluding hydrogens is 800 g/mol. The maximum absolute atomic E-state index is 14.4. The number of rotatable bonds is 18. The molecule has 0 bridgehead atoms. The van der Waals surface area contributed by atoms with Gasteiger partial charge < -0.3 is 23.7 Å². The Morgan fingerprint density at radius 3 is 1.47 bits per heavy atom. The molecule has 0 saturated carbocycles. The summed E-state index contributed by atoms with van der Waals surface area (Å²) >= 11 is 3.19. The van der Waals surface area contributed by atoms with Crippen molar-refractivity contribution in [2.75, 3.05) is 33.5 Å². The zero-order valence-electron chi connectivity index (χ0n) is 27.1. The summed E-state index contributed by atoms with van der Waals surface area (Å²) in [5.74, 6) is -48.5. The van der Waals surface area contributed by atoms with Gasteiger partial charge in [-0.2, -0.15) is 52.7 Å². The Balaban J connectivity index is 3.11. The van der Waals surface area contributed by atoms with Crippen molar-refractivity contribution in [3.8, 4) is 0 Å². The Morgan fingerprint density at radius 2 is 1.04 bits per heavy atom. The minimum atomic E-state index is -8.01. The molecule has 0 amide bonds. The number of benzene rings is 1. The number of esters is 3. The molecule has 0 aromatic heterocycles. The van der Waals surface area contributed by atoms with Crippen LogP contribution in [0.4, 0.5) is 57.5 Å². The van der Waals surface area contributed by atoms with Crippen molar-refractivity contribution in [1.29, 1.82) is 0 Å². The molecule has 0 aliphatic rings. The molecule has 1 aromatic carbocycles. The molecule has 2 unspecified atom stereocenters. The molecule has 292 valence electrons. The van der Waals surface area contributed by atoms with E-state index in [0.717, 1.165) is 34.8 Å². The van der Waals surface area contributed by atoms with Crippen LogP contribution in [-0.2, 0) is 38.1 Å². The largest absolute Gasteiger partial charge is 0.508 e. The van der Waals surface area contributed by atoms with Gasteiger partial charge in [0, 0.05) is 11.8 Å². The second-order valence-electron chi connectivity index (χ2n) is 11.9. The number of halogens is 13. The summed E-state index contributed by atoms with van der Waals surface area (Å²) in [7, 11) is 0.797. The molecule has 51 heavy (non-hydrogen) atoms. The first kappa shape index (κ1) is 45.6. The van der Waals surface area contributed by atoms with Crippen LogP contribution in [0.2, 0.25) is 0 Å². The highest BCUT2D eigenvalue weighted by Crippen LogP contribution is 2.60. The van der Waals surface area contributed by atoms with Crippen molar-refractivity contribution < 1.29 is 95.5 Å². The smallest absolute Gasteiger partial charge is 0.468 e. The molecule has 0 aliphatic carbocycles. The number of hydrogen-bond acceptors (Lipinski definition) is 9. The number of methoxy groups -OCH3 is 1. The van der Waals surface area contributed by atoms with Gasteiger partial charge in [-0.25, -0.2) is 4.79 Å². The van der Waals surface area contributed by atoms with E-state index in [2.05, 4.69) is 39.6 Å². The van der Waals surface area contributed by atoms with Gasteiger partial charge >= 0.3 is 59.6 Å². The summed E-state index contributed by atoms with van der Waals surface area (Å²) in [5.41, 5.74) is -3.39. The van der Waals surface area contributed by atoms with Crippen molar-refractivity contribution in [2.24, 2.45) is 10.8 Å². The average molecular weight is 831 g/mol. The van der Waals surface area contributed by atoms with Gasteiger partial charge in [-0.05, 0) is 32.8 Å². The van der Waals surface area contributed by atoms with Crippen LogP contribution in [0.25, 0.3) is 0 Å². The molecule has 1 aromatic rings. The molecule has 0 radical (unpaired) electrons. The summed E-state index contributed by atoms with van der Waals surface area (Å²) in [5, 5.41) is 0. The quantitative estimate of drug-likeness (QED) is 0.0634. The highest BCUT2D eigenvalue weighted by atomic mass is 79.9. The molecule has 0 fully saturated rings. The first-order valence-corrected chi connectivity index (χ1v) is 14.9. The molecule has 2 atom stereocenters. The van der Waals surface area contributed by atoms with Crippen molar-refractivity contribution in [3.63, 3.8) is 0 Å². The summed E-state index contributed by atoms with van der Waals surface area (Å²) in [6.07, 6.45) is -2.74. The molecule has 0 saturated heterocycles. The van der Waals surface area contributed by atoms with Gasteiger partial charge in [0.05, 0.1) is 12.5 Å². The van der Waals surface area contributed by atoms with Crippen LogP contribution in [-0.4, -0.2) is 93.1 Å². The number of carbonyl (C=O) groups is 4. The lowest BCUT2D eigenvalue weighted by atomic mass is 9.86. The van der Waals surface area contributed by atoms with Gasteiger partial charge in [-0.1, -0.05) is 46.3 Å². The molecule has 1 rings (SSSR count). The summed E-state index contributed by atoms with van der Waals surface area (Å²) in [4.78, 5) is 46.3. The van der Waals surface area contributed by atoms with Crippen LogP contribution in [0.15, 0.2) is 30.3 Å². The Labute approximate surface area is 290 Å². The van der Waals surface area contributed by atoms with E-state index in [4.69, 9.17) is 0 Å². The number of hydrogen-bond donors (Lipinski definition) is 0. The van der Waals surface area contributed by atoms with Crippen LogP contribution in [0.3, 0.4) is 0 Å². The van der Waals surface area contributed by atoms with E-state index in [-0.39, 0.29) is 6.42 Å². The van der Waals surface area contributed by atoms with Crippen LogP contribution < -0.4 is 0 Å². The third-order valence-corrected chi connectivity index (χ3v) is 7.89. The maximum atomic E-state index is 14.4. The normalized spacial score (nSPS) is 15.3. The summed E-state index contributed by atoms with van der Waals surface area (Å²) in [6, 6.07) is 7.90. The van der Waals surface area contributed by atoms with Crippen LogP contribution in [0.1, 0.15) is 44.5 Å². The number of alkyl halides is 13. The topological polar surface area (TPSA) is 114 Å². The van der Waals surface area contributed by atoms with Gasteiger partial charge in [0.2, 0.25) is 0 Å². The van der Waals surface area contributed by atoms with E-state index < -0.39 is 102 Å². The van der Waals surface area contributed by atoms with E-state index in [9.17, 15) is 71.9 Å². The minimum Gasteiger partial charge on any atom is -0.468 e. The lowest BCUT2D eigenvalue weighted by Crippen LogP contribution is -2.71. The van der Waals surface area contributed by atoms with Crippen molar-refractivity contribution in [2.45, 2.75) is 74.5 Å². The zero-order valence-corrected chi connectivity index (χ0v) is 28.7. The number of ether oxygens (including phenoxy) is 5. The van der Waals surface area contributed by atoms with E-state index in [1.807, 2.05) is 0 Å². The molecular formula is C29H31BrF12O9. The first-order chi connectivity index (χ1) is 22.9. The Hall–Kier alpha value is -3.46. The van der Waals surface area contributed by atoms with E-state index >= 15 is 0 Å². The average Bonchev–Trinajstić information content (AvgIpc) is 3.03. The van der Waals surface area contributed by atoms with Gasteiger partial charge in [-0.3, -0.25) is 14.4 Å². The van der Waals surface area contributed by atoms with E-state index in [1.165, 1.54) is 0 Å². The van der Waals surface area contributed by atoms with E-state index in [0.29, 0.717) is 5.56 Å². The molecule has 0 heterocycles. The zero-order chi connectivity index (χ0) is 40.1. The van der Waals surface area contributed by atoms with Gasteiger partial charge in [0.15, 0.2) is 13.2 Å². The predicted octanol–water partition coefficient (Wildman–Crippen LogP) is 7.79. The highest BCUT2D eigenvalue weighted by molar-refractivity contribution is 9.09. The fourth-order valence-electron chi connectivity index (χ4n) is 3.77. The monoisotopic (exact) mass is 830 g/mol. The second kappa shape index (κ2) is 16.1. The van der Waals surface area contributed by atoms with E-state index in [1.54, 1.807) is 30.3 Å². The van der Waals surface area contributed by atoms with Gasteiger partial charge in [0.1, 0.15) is 18.6 Å². The fourth-order valence-corrected chi connectivity index (χ4v) is 4.89. The summed E-state index contributed by atoms with van der Waals surface area (Å²) in [6.45, 7) is -4.65. The highest BCUT2D eigenvalue weighted by Gasteiger charge is 2.90. The Morgan fingerprint density at radius 1 is 0.627 bits per heavy atom. The van der Waals surface area contributed by atoms with Crippen molar-refractivity contribution >= 4 is 40.0 Å². The minimum absolute atomic E-state index is 0.290. The second-order valence-corrected chi connectivity index (χ2v) is 13.0. The lowest BCUT2D eigenvalue weighted by molar-refractivity contribution is -0.428. The molecule has 9 nitrogen and oxygen atoms in total. The Kier molecular flexibility index (Phi) is 14.3. The lowest BCUT2D eigenvalue weighted by Gasteiger charge is -2.41. The van der Waals surface area contributed by atoms with Crippen LogP contribution in [0.5, 0.6) is 0 Å². The van der Waals surface area contributed by atoms with Crippen molar-refractivity contribution in [1.82, 2.24) is 0 Å². The van der Waals surface area contributed by atoms with Gasteiger partial charge in [-0.15, -0.1) is 0 Å². The number of carbonyl (C=O) groups excluding carboxylic acids is 4. The fraction of sp³-hybridized carbons (Fsp3) is 0.655.